The molecule has 0 aromatic heterocycles. The molecule has 38 heavy (non-hydrogen) atoms. The van der Waals surface area contributed by atoms with Crippen LogP contribution >= 0.6 is 0 Å². The topological polar surface area (TPSA) is 99.3 Å². The Morgan fingerprint density at radius 2 is 1.32 bits per heavy atom. The van der Waals surface area contributed by atoms with Crippen LogP contribution < -0.4 is 21.3 Å². The molecule has 0 radical (unpaired) electrons. The predicted molar refractivity (Wildman–Crippen MR) is 142 cm³/mol. The molecule has 0 spiro atoms. The number of carbonyl (C=O) groups is 3. The number of anilines is 4. The number of hydrogen-bond donors (Lipinski definition) is 4. The third-order valence-corrected chi connectivity index (χ3v) is 5.46. The number of nitrogens with one attached hydrogen (secondary N) is 4. The van der Waals surface area contributed by atoms with Gasteiger partial charge in [-0.05, 0) is 61.0 Å². The van der Waals surface area contributed by atoms with Crippen molar-refractivity contribution in [2.75, 3.05) is 27.8 Å². The lowest BCUT2D eigenvalue weighted by molar-refractivity contribution is -0.137. The summed E-state index contributed by atoms with van der Waals surface area (Å²) in [4.78, 5) is 37.0. The molecular weight excluding hydrogens is 497 g/mol. The van der Waals surface area contributed by atoms with Gasteiger partial charge in [-0.1, -0.05) is 38.0 Å². The van der Waals surface area contributed by atoms with Crippen molar-refractivity contribution in [1.29, 1.82) is 0 Å². The van der Waals surface area contributed by atoms with Gasteiger partial charge in [0.1, 0.15) is 0 Å². The fourth-order valence-corrected chi connectivity index (χ4v) is 3.57. The van der Waals surface area contributed by atoms with E-state index < -0.39 is 17.6 Å². The van der Waals surface area contributed by atoms with Crippen LogP contribution in [0.15, 0.2) is 72.8 Å². The number of halogens is 3. The van der Waals surface area contributed by atoms with Crippen molar-refractivity contribution in [2.24, 2.45) is 0 Å². The molecule has 0 aliphatic heterocycles. The number of alkyl halides is 3. The summed E-state index contributed by atoms with van der Waals surface area (Å²) >= 11 is 0. The average molecular weight is 527 g/mol. The van der Waals surface area contributed by atoms with E-state index in [1.165, 1.54) is 24.3 Å². The standard InChI is InChI=1S/C28H29F3N4O3/c1-2-3-4-14-25(36)33-23-12-7-13-24(17-23)34-26(37)18-32-21-10-5-8-19(15-21)27(38)35-22-11-6-9-20(16-22)28(29,30)31/h5-13,15-17,32H,2-4,14,18H2,1H3,(H,33,36)(H,34,37)(H,35,38). The summed E-state index contributed by atoms with van der Waals surface area (Å²) in [6, 6.07) is 17.4. The second kappa shape index (κ2) is 13.3. The number of hydrogen-bond acceptors (Lipinski definition) is 4. The van der Waals surface area contributed by atoms with Crippen LogP contribution in [0.25, 0.3) is 0 Å². The Bertz CT molecular complexity index is 1280. The average Bonchev–Trinajstić information content (AvgIpc) is 2.88. The highest BCUT2D eigenvalue weighted by molar-refractivity contribution is 6.05. The van der Waals surface area contributed by atoms with Gasteiger partial charge in [0, 0.05) is 34.7 Å². The molecule has 10 heteroatoms. The van der Waals surface area contributed by atoms with Gasteiger partial charge in [0.2, 0.25) is 11.8 Å². The van der Waals surface area contributed by atoms with E-state index in [1.54, 1.807) is 36.4 Å². The molecular formula is C28H29F3N4O3. The van der Waals surface area contributed by atoms with Gasteiger partial charge in [0.25, 0.3) is 5.91 Å². The zero-order chi connectivity index (χ0) is 27.5. The minimum atomic E-state index is -4.52. The lowest BCUT2D eigenvalue weighted by Crippen LogP contribution is -2.22. The van der Waals surface area contributed by atoms with E-state index in [4.69, 9.17) is 0 Å². The number of carbonyl (C=O) groups excluding carboxylic acids is 3. The lowest BCUT2D eigenvalue weighted by Gasteiger charge is -2.12. The van der Waals surface area contributed by atoms with Crippen LogP contribution in [0.4, 0.5) is 35.9 Å². The van der Waals surface area contributed by atoms with Gasteiger partial charge in [-0.15, -0.1) is 0 Å². The maximum Gasteiger partial charge on any atom is 0.416 e. The molecule has 0 aliphatic rings. The second-order valence-corrected chi connectivity index (χ2v) is 8.60. The van der Waals surface area contributed by atoms with Crippen molar-refractivity contribution in [3.63, 3.8) is 0 Å². The number of benzene rings is 3. The smallest absolute Gasteiger partial charge is 0.376 e. The van der Waals surface area contributed by atoms with Crippen molar-refractivity contribution in [3.8, 4) is 0 Å². The lowest BCUT2D eigenvalue weighted by atomic mass is 10.1. The second-order valence-electron chi connectivity index (χ2n) is 8.60. The molecule has 7 nitrogen and oxygen atoms in total. The van der Waals surface area contributed by atoms with Crippen LogP contribution in [0.3, 0.4) is 0 Å². The van der Waals surface area contributed by atoms with Crippen LogP contribution in [0.2, 0.25) is 0 Å². The summed E-state index contributed by atoms with van der Waals surface area (Å²) in [7, 11) is 0. The summed E-state index contributed by atoms with van der Waals surface area (Å²) < 4.78 is 38.8. The number of amides is 3. The summed E-state index contributed by atoms with van der Waals surface area (Å²) in [6.07, 6.45) is -1.25. The van der Waals surface area contributed by atoms with Gasteiger partial charge >= 0.3 is 6.18 Å². The fourth-order valence-electron chi connectivity index (χ4n) is 3.57. The van der Waals surface area contributed by atoms with E-state index in [0.29, 0.717) is 23.5 Å². The van der Waals surface area contributed by atoms with E-state index in [-0.39, 0.29) is 29.6 Å². The summed E-state index contributed by atoms with van der Waals surface area (Å²) in [5.74, 6) is -1.03. The maximum absolute atomic E-state index is 12.9. The zero-order valence-corrected chi connectivity index (χ0v) is 20.8. The molecule has 3 amide bonds. The molecule has 200 valence electrons. The van der Waals surface area contributed by atoms with Crippen molar-refractivity contribution < 1.29 is 27.6 Å². The normalized spacial score (nSPS) is 10.9. The first-order valence-corrected chi connectivity index (χ1v) is 12.2. The van der Waals surface area contributed by atoms with E-state index in [1.807, 2.05) is 0 Å². The van der Waals surface area contributed by atoms with Gasteiger partial charge in [-0.3, -0.25) is 14.4 Å². The molecule has 3 aromatic rings. The molecule has 3 rings (SSSR count). The van der Waals surface area contributed by atoms with Gasteiger partial charge in [0.05, 0.1) is 12.1 Å². The van der Waals surface area contributed by atoms with Crippen LogP contribution in [0.5, 0.6) is 0 Å². The van der Waals surface area contributed by atoms with Gasteiger partial charge in [-0.2, -0.15) is 13.2 Å². The Morgan fingerprint density at radius 3 is 2.00 bits per heavy atom. The van der Waals surface area contributed by atoms with Gasteiger partial charge in [-0.25, -0.2) is 0 Å². The number of unbranched alkanes of at least 4 members (excludes halogenated alkanes) is 2. The largest absolute Gasteiger partial charge is 0.416 e. The predicted octanol–water partition coefficient (Wildman–Crippen LogP) is 6.53. The first-order chi connectivity index (χ1) is 18.1. The van der Waals surface area contributed by atoms with Crippen LogP contribution in [0, 0.1) is 0 Å². The van der Waals surface area contributed by atoms with Crippen molar-refractivity contribution in [3.05, 3.63) is 83.9 Å². The molecule has 4 N–H and O–H groups in total. The molecule has 0 heterocycles. The maximum atomic E-state index is 12.9. The minimum Gasteiger partial charge on any atom is -0.376 e. The summed E-state index contributed by atoms with van der Waals surface area (Å²) in [5.41, 5.74) is 0.924. The molecule has 0 aliphatic carbocycles. The highest BCUT2D eigenvalue weighted by Gasteiger charge is 2.30. The quantitative estimate of drug-likeness (QED) is 0.214. The molecule has 3 aromatic carbocycles. The van der Waals surface area contributed by atoms with Gasteiger partial charge in [0.15, 0.2) is 0 Å². The Kier molecular flexibility index (Phi) is 9.86. The third-order valence-electron chi connectivity index (χ3n) is 5.46. The fraction of sp³-hybridized carbons (Fsp3) is 0.250. The molecule has 0 bridgehead atoms. The van der Waals surface area contributed by atoms with E-state index in [0.717, 1.165) is 31.4 Å². The monoisotopic (exact) mass is 526 g/mol. The zero-order valence-electron chi connectivity index (χ0n) is 20.8. The van der Waals surface area contributed by atoms with E-state index >= 15 is 0 Å². The van der Waals surface area contributed by atoms with E-state index in [2.05, 4.69) is 28.2 Å². The van der Waals surface area contributed by atoms with Crippen molar-refractivity contribution in [1.82, 2.24) is 0 Å². The highest BCUT2D eigenvalue weighted by Crippen LogP contribution is 2.30. The Morgan fingerprint density at radius 1 is 0.711 bits per heavy atom. The Balaban J connectivity index is 1.53. The molecule has 0 saturated carbocycles. The molecule has 0 atom stereocenters. The first-order valence-electron chi connectivity index (χ1n) is 12.2. The minimum absolute atomic E-state index is 0.0157. The summed E-state index contributed by atoms with van der Waals surface area (Å²) in [6.45, 7) is 1.96. The van der Waals surface area contributed by atoms with E-state index in [9.17, 15) is 27.6 Å². The highest BCUT2D eigenvalue weighted by atomic mass is 19.4. The Hall–Kier alpha value is -4.34. The van der Waals surface area contributed by atoms with Crippen molar-refractivity contribution >= 4 is 40.5 Å². The molecule has 0 fully saturated rings. The Labute approximate surface area is 218 Å². The van der Waals surface area contributed by atoms with Crippen LogP contribution in [-0.4, -0.2) is 24.3 Å². The number of rotatable bonds is 11. The summed E-state index contributed by atoms with van der Waals surface area (Å²) in [5, 5.41) is 10.9. The van der Waals surface area contributed by atoms with Crippen LogP contribution in [0.1, 0.15) is 48.5 Å². The molecule has 0 unspecified atom stereocenters. The first kappa shape index (κ1) is 28.2. The third kappa shape index (κ3) is 8.95. The SMILES string of the molecule is CCCCCC(=O)Nc1cccc(NC(=O)CNc2cccc(C(=O)Nc3cccc(C(F)(F)F)c3)c2)c1. The molecule has 0 saturated heterocycles. The van der Waals surface area contributed by atoms with Gasteiger partial charge < -0.3 is 21.3 Å². The van der Waals surface area contributed by atoms with Crippen LogP contribution in [-0.2, 0) is 15.8 Å². The van der Waals surface area contributed by atoms with Crippen molar-refractivity contribution in [2.45, 2.75) is 38.8 Å².